The maximum atomic E-state index is 11.7. The summed E-state index contributed by atoms with van der Waals surface area (Å²) in [5, 5.41) is 14.9. The quantitative estimate of drug-likeness (QED) is 0.249. The summed E-state index contributed by atoms with van der Waals surface area (Å²) in [7, 11) is 0. The Morgan fingerprint density at radius 2 is 2.12 bits per heavy atom. The topological polar surface area (TPSA) is 115 Å². The summed E-state index contributed by atoms with van der Waals surface area (Å²) in [5.41, 5.74) is 6.20. The van der Waals surface area contributed by atoms with E-state index in [2.05, 4.69) is 4.90 Å². The first-order valence-corrected chi connectivity index (χ1v) is 15.4. The third-order valence-electron chi connectivity index (χ3n) is 8.16. The maximum absolute atomic E-state index is 11.7. The Balaban J connectivity index is 1.10. The van der Waals surface area contributed by atoms with Crippen molar-refractivity contribution < 1.29 is 28.9 Å². The smallest absolute Gasteiger partial charge is 0.335 e. The van der Waals surface area contributed by atoms with Crippen LogP contribution in [0.25, 0.3) is 11.1 Å². The van der Waals surface area contributed by atoms with Gasteiger partial charge in [0.1, 0.15) is 24.7 Å². The van der Waals surface area contributed by atoms with Crippen LogP contribution < -0.4 is 9.47 Å². The van der Waals surface area contributed by atoms with Crippen LogP contribution in [-0.4, -0.2) is 68.8 Å². The van der Waals surface area contributed by atoms with Crippen molar-refractivity contribution in [2.24, 2.45) is 0 Å². The Morgan fingerprint density at radius 3 is 2.86 bits per heavy atom. The largest absolute Gasteiger partial charge is 0.487 e. The lowest BCUT2D eigenvalue weighted by atomic mass is 9.94. The molecule has 3 aliphatic rings. The van der Waals surface area contributed by atoms with Gasteiger partial charge in [0.05, 0.1) is 37.7 Å². The average molecular weight is 621 g/mol. The fraction of sp³-hybridized carbons (Fsp3) is 0.355. The summed E-state index contributed by atoms with van der Waals surface area (Å²) in [6.45, 7) is 5.17. The highest BCUT2D eigenvalue weighted by atomic mass is 35.5. The number of hydrogen-bond donors (Lipinski definition) is 1. The van der Waals surface area contributed by atoms with Gasteiger partial charge >= 0.3 is 5.97 Å². The van der Waals surface area contributed by atoms with Gasteiger partial charge in [-0.25, -0.2) is 14.3 Å². The lowest BCUT2D eigenvalue weighted by Gasteiger charge is -2.33. The normalized spacial score (nSPS) is 18.1. The molecule has 7 rings (SSSR count). The van der Waals surface area contributed by atoms with Gasteiger partial charge < -0.3 is 19.3 Å². The van der Waals surface area contributed by atoms with Crippen molar-refractivity contribution in [1.82, 2.24) is 19.5 Å². The molecule has 0 aromatic carbocycles. The molecule has 7 heterocycles. The molecule has 3 aliphatic heterocycles. The van der Waals surface area contributed by atoms with Crippen molar-refractivity contribution in [3.05, 3.63) is 79.4 Å². The molecule has 12 heteroatoms. The van der Waals surface area contributed by atoms with Crippen LogP contribution in [0.15, 0.2) is 42.1 Å². The first-order valence-electron chi connectivity index (χ1n) is 14.2. The molecule has 222 valence electrons. The predicted octanol–water partition coefficient (Wildman–Crippen LogP) is 5.31. The van der Waals surface area contributed by atoms with E-state index in [1.54, 1.807) is 35.0 Å². The molecule has 1 saturated heterocycles. The number of aromatic carboxylic acids is 1. The van der Waals surface area contributed by atoms with Gasteiger partial charge in [-0.1, -0.05) is 11.6 Å². The minimum Gasteiger partial charge on any atom is -0.487 e. The molecular weight excluding hydrogens is 592 g/mol. The van der Waals surface area contributed by atoms with Gasteiger partial charge in [0.15, 0.2) is 5.78 Å². The predicted molar refractivity (Wildman–Crippen MR) is 160 cm³/mol. The molecule has 10 nitrogen and oxygen atoms in total. The van der Waals surface area contributed by atoms with Gasteiger partial charge in [-0.15, -0.1) is 11.3 Å². The van der Waals surface area contributed by atoms with Crippen molar-refractivity contribution in [2.45, 2.75) is 45.4 Å². The fourth-order valence-corrected chi connectivity index (χ4v) is 6.98. The maximum Gasteiger partial charge on any atom is 0.335 e. The molecule has 0 saturated carbocycles. The van der Waals surface area contributed by atoms with Crippen molar-refractivity contribution in [1.29, 1.82) is 0 Å². The van der Waals surface area contributed by atoms with Crippen molar-refractivity contribution in [3.63, 3.8) is 0 Å². The number of aromatic nitrogens is 3. The molecule has 4 aromatic rings. The fourth-order valence-electron chi connectivity index (χ4n) is 5.78. The highest BCUT2D eigenvalue weighted by Crippen LogP contribution is 2.38. The monoisotopic (exact) mass is 620 g/mol. The van der Waals surface area contributed by atoms with Crippen LogP contribution in [0.3, 0.4) is 0 Å². The number of ether oxygens (including phenoxy) is 3. The number of halogens is 1. The number of fused-ring (bicyclic) bond motifs is 3. The summed E-state index contributed by atoms with van der Waals surface area (Å²) < 4.78 is 19.6. The number of pyridine rings is 2. The molecule has 0 spiro atoms. The second-order valence-corrected chi connectivity index (χ2v) is 12.6. The summed E-state index contributed by atoms with van der Waals surface area (Å²) >= 11 is 7.64. The van der Waals surface area contributed by atoms with Crippen LogP contribution in [-0.2, 0) is 24.3 Å². The number of thiophene rings is 1. The summed E-state index contributed by atoms with van der Waals surface area (Å²) in [5.74, 6) is 0.236. The Morgan fingerprint density at radius 1 is 1.26 bits per heavy atom. The van der Waals surface area contributed by atoms with Crippen molar-refractivity contribution in [3.8, 4) is 11.6 Å². The van der Waals surface area contributed by atoms with Gasteiger partial charge in [0.25, 0.3) is 0 Å². The van der Waals surface area contributed by atoms with Crippen LogP contribution in [0.1, 0.15) is 61.6 Å². The molecular formula is C31H29ClN4O6S. The molecule has 4 aromatic heterocycles. The Hall–Kier alpha value is -3.77. The Bertz CT molecular complexity index is 1790. The van der Waals surface area contributed by atoms with E-state index >= 15 is 0 Å². The Labute approximate surface area is 256 Å². The summed E-state index contributed by atoms with van der Waals surface area (Å²) in [6.07, 6.45) is 4.35. The zero-order valence-electron chi connectivity index (χ0n) is 23.5. The zero-order chi connectivity index (χ0) is 29.7. The van der Waals surface area contributed by atoms with E-state index in [0.29, 0.717) is 41.9 Å². The number of carbonyl (C=O) groups excluding carboxylic acids is 1. The van der Waals surface area contributed by atoms with Crippen LogP contribution in [0.4, 0.5) is 0 Å². The van der Waals surface area contributed by atoms with E-state index in [9.17, 15) is 14.7 Å². The van der Waals surface area contributed by atoms with Gasteiger partial charge in [0.2, 0.25) is 5.88 Å². The van der Waals surface area contributed by atoms with Crippen LogP contribution in [0.2, 0.25) is 5.02 Å². The van der Waals surface area contributed by atoms with Crippen molar-refractivity contribution in [2.75, 3.05) is 26.3 Å². The lowest BCUT2D eigenvalue weighted by molar-refractivity contribution is -0.0491. The molecule has 1 N–H and O–H groups in total. The SMILES string of the molecule is CC(=O)c1cc(Cl)c(COc2ccc3c(n2)C2=C(CO3)CN(Cc3nn4ccc(C(=O)O)cc4c3C[C@@H]3CCO3)CC2)s1. The first-order chi connectivity index (χ1) is 20.8. The van der Waals surface area contributed by atoms with Gasteiger partial charge in [-0.2, -0.15) is 5.10 Å². The standard InChI is InChI=1S/C31H29ClN4O6S/c1-17(37)27-12-23(32)28(43-27)16-42-29-3-2-26-30(33-29)21-5-7-35(13-19(21)15-41-26)14-24-22(11-20-6-9-40-20)25-10-18(31(38)39)4-8-36(25)34-24/h2-4,8,10,12,20H,5-7,9,11,13-16H2,1H3,(H,38,39)/t20-/m0/s1. The molecule has 0 radical (unpaired) electrons. The summed E-state index contributed by atoms with van der Waals surface area (Å²) in [4.78, 5) is 31.9. The van der Waals surface area contributed by atoms with Crippen molar-refractivity contribution >= 4 is 45.8 Å². The zero-order valence-corrected chi connectivity index (χ0v) is 25.0. The number of ketones is 1. The number of nitrogens with zero attached hydrogens (tertiary/aromatic N) is 4. The molecule has 0 bridgehead atoms. The van der Waals surface area contributed by atoms with Gasteiger partial charge in [-0.05, 0) is 55.2 Å². The molecule has 0 aliphatic carbocycles. The van der Waals surface area contributed by atoms with E-state index in [4.69, 9.17) is 35.9 Å². The third kappa shape index (κ3) is 5.53. The second-order valence-electron chi connectivity index (χ2n) is 11.0. The summed E-state index contributed by atoms with van der Waals surface area (Å²) in [6, 6.07) is 8.64. The van der Waals surface area contributed by atoms with E-state index < -0.39 is 5.97 Å². The van der Waals surface area contributed by atoms with Crippen LogP contribution in [0, 0.1) is 0 Å². The van der Waals surface area contributed by atoms with E-state index in [-0.39, 0.29) is 24.1 Å². The van der Waals surface area contributed by atoms with E-state index in [0.717, 1.165) is 59.1 Å². The van der Waals surface area contributed by atoms with Gasteiger partial charge in [-0.3, -0.25) is 9.69 Å². The molecule has 0 amide bonds. The minimum atomic E-state index is -0.955. The first kappa shape index (κ1) is 28.0. The van der Waals surface area contributed by atoms with Crippen LogP contribution in [0.5, 0.6) is 11.6 Å². The minimum absolute atomic E-state index is 0.0230. The number of carboxylic acid groups (broad SMARTS) is 1. The molecule has 43 heavy (non-hydrogen) atoms. The average Bonchev–Trinajstić information content (AvgIpc) is 3.52. The van der Waals surface area contributed by atoms with Gasteiger partial charge in [0, 0.05) is 50.5 Å². The third-order valence-corrected chi connectivity index (χ3v) is 9.82. The van der Waals surface area contributed by atoms with E-state index in [1.807, 2.05) is 6.07 Å². The molecule has 1 atom stereocenters. The highest BCUT2D eigenvalue weighted by molar-refractivity contribution is 7.14. The molecule has 1 fully saturated rings. The number of hydrogen-bond acceptors (Lipinski definition) is 9. The highest BCUT2D eigenvalue weighted by Gasteiger charge is 2.30. The number of carbonyl (C=O) groups is 2. The van der Waals surface area contributed by atoms with E-state index in [1.165, 1.54) is 29.4 Å². The number of carboxylic acids is 1. The van der Waals surface area contributed by atoms with Crippen LogP contribution >= 0.6 is 22.9 Å². The Kier molecular flexibility index (Phi) is 7.42. The molecule has 0 unspecified atom stereocenters. The number of rotatable bonds is 9. The number of Topliss-reactive ketones (excluding diaryl/α,β-unsaturated/α-hetero) is 1. The second kappa shape index (κ2) is 11.4. The lowest BCUT2D eigenvalue weighted by Crippen LogP contribution is -2.35.